The molecule has 18 heavy (non-hydrogen) atoms. The van der Waals surface area contributed by atoms with Gasteiger partial charge in [-0.1, -0.05) is 6.92 Å². The summed E-state index contributed by atoms with van der Waals surface area (Å²) in [5.41, 5.74) is 7.05. The number of carbonyl (C=O) groups is 1. The zero-order valence-corrected chi connectivity index (χ0v) is 10.9. The van der Waals surface area contributed by atoms with E-state index in [0.29, 0.717) is 6.42 Å². The molecular weight excluding hydrogens is 226 g/mol. The van der Waals surface area contributed by atoms with Gasteiger partial charge in [-0.05, 0) is 37.0 Å². The fraction of sp³-hybridized carbons (Fsp3) is 0.571. The van der Waals surface area contributed by atoms with Gasteiger partial charge in [-0.2, -0.15) is 0 Å². The quantitative estimate of drug-likeness (QED) is 0.883. The first kappa shape index (κ1) is 13.0. The molecule has 98 valence electrons. The minimum absolute atomic E-state index is 0.0174. The van der Waals surface area contributed by atoms with Crippen LogP contribution in [0.25, 0.3) is 0 Å². The Morgan fingerprint density at radius 1 is 1.56 bits per heavy atom. The lowest BCUT2D eigenvalue weighted by molar-refractivity contribution is -0.132. The molecule has 1 aliphatic heterocycles. The van der Waals surface area contributed by atoms with Gasteiger partial charge in [0.2, 0.25) is 5.91 Å². The maximum atomic E-state index is 12.2. The van der Waals surface area contributed by atoms with Gasteiger partial charge in [0.15, 0.2) is 0 Å². The average molecular weight is 247 g/mol. The van der Waals surface area contributed by atoms with Gasteiger partial charge in [-0.25, -0.2) is 0 Å². The molecule has 1 amide bonds. The van der Waals surface area contributed by atoms with E-state index >= 15 is 0 Å². The fourth-order valence-corrected chi connectivity index (χ4v) is 2.48. The Bertz CT molecular complexity index is 393. The third-order valence-corrected chi connectivity index (χ3v) is 3.63. The minimum Gasteiger partial charge on any atom is -0.336 e. The molecule has 2 unspecified atom stereocenters. The predicted molar refractivity (Wildman–Crippen MR) is 70.8 cm³/mol. The Kier molecular flexibility index (Phi) is 4.31. The van der Waals surface area contributed by atoms with Gasteiger partial charge in [0.1, 0.15) is 0 Å². The van der Waals surface area contributed by atoms with Crippen LogP contribution in [0, 0.1) is 0 Å². The van der Waals surface area contributed by atoms with Crippen LogP contribution in [0.3, 0.4) is 0 Å². The van der Waals surface area contributed by atoms with Crippen LogP contribution < -0.4 is 5.73 Å². The number of nitrogens with zero attached hydrogens (tertiary/aromatic N) is 2. The third kappa shape index (κ3) is 2.88. The molecule has 2 rings (SSSR count). The van der Waals surface area contributed by atoms with E-state index in [1.165, 1.54) is 5.56 Å². The van der Waals surface area contributed by atoms with E-state index in [4.69, 9.17) is 5.73 Å². The fourth-order valence-electron chi connectivity index (χ4n) is 2.48. The molecule has 4 nitrogen and oxygen atoms in total. The van der Waals surface area contributed by atoms with Crippen LogP contribution in [-0.2, 0) is 4.79 Å². The van der Waals surface area contributed by atoms with E-state index in [1.807, 2.05) is 24.0 Å². The predicted octanol–water partition coefficient (Wildman–Crippen LogP) is 1.87. The van der Waals surface area contributed by atoms with Crippen LogP contribution in [-0.4, -0.2) is 28.4 Å². The van der Waals surface area contributed by atoms with Crippen molar-refractivity contribution in [2.45, 2.75) is 44.7 Å². The van der Waals surface area contributed by atoms with Crippen molar-refractivity contribution < 1.29 is 4.79 Å². The molecule has 1 aliphatic rings. The second kappa shape index (κ2) is 5.96. The van der Waals surface area contributed by atoms with Crippen molar-refractivity contribution in [1.82, 2.24) is 9.88 Å². The van der Waals surface area contributed by atoms with Gasteiger partial charge in [-0.3, -0.25) is 9.78 Å². The summed E-state index contributed by atoms with van der Waals surface area (Å²) in [6, 6.07) is 4.19. The summed E-state index contributed by atoms with van der Waals surface area (Å²) in [7, 11) is 0. The molecule has 2 atom stereocenters. The highest BCUT2D eigenvalue weighted by molar-refractivity contribution is 5.77. The first-order chi connectivity index (χ1) is 8.72. The molecule has 1 aromatic rings. The molecule has 1 fully saturated rings. The monoisotopic (exact) mass is 247 g/mol. The molecule has 0 spiro atoms. The largest absolute Gasteiger partial charge is 0.336 e. The van der Waals surface area contributed by atoms with E-state index in [-0.39, 0.29) is 18.0 Å². The van der Waals surface area contributed by atoms with Crippen molar-refractivity contribution in [2.75, 3.05) is 6.54 Å². The molecule has 4 heteroatoms. The Balaban J connectivity index is 2.06. The van der Waals surface area contributed by atoms with Gasteiger partial charge < -0.3 is 10.6 Å². The van der Waals surface area contributed by atoms with Crippen LogP contribution >= 0.6 is 0 Å². The molecule has 2 N–H and O–H groups in total. The molecule has 0 bridgehead atoms. The average Bonchev–Trinajstić information content (AvgIpc) is 2.88. The Hall–Kier alpha value is -1.42. The molecule has 2 heterocycles. The number of aromatic nitrogens is 1. The number of pyridine rings is 1. The van der Waals surface area contributed by atoms with E-state index in [1.54, 1.807) is 12.4 Å². The second-order valence-electron chi connectivity index (χ2n) is 4.90. The molecule has 0 aromatic carbocycles. The number of rotatable bonds is 4. The van der Waals surface area contributed by atoms with Crippen molar-refractivity contribution in [2.24, 2.45) is 5.73 Å². The third-order valence-electron chi connectivity index (χ3n) is 3.63. The molecule has 0 saturated carbocycles. The summed E-state index contributed by atoms with van der Waals surface area (Å²) in [5.74, 6) is 0.184. The van der Waals surface area contributed by atoms with Gasteiger partial charge in [0.05, 0.1) is 6.04 Å². The lowest BCUT2D eigenvalue weighted by Gasteiger charge is -2.26. The molecule has 1 aromatic heterocycles. The van der Waals surface area contributed by atoms with Crippen molar-refractivity contribution in [3.63, 3.8) is 0 Å². The Morgan fingerprint density at radius 2 is 2.28 bits per heavy atom. The Morgan fingerprint density at radius 3 is 2.94 bits per heavy atom. The van der Waals surface area contributed by atoms with Crippen LogP contribution in [0.4, 0.5) is 0 Å². The van der Waals surface area contributed by atoms with E-state index in [0.717, 1.165) is 25.8 Å². The SMILES string of the molecule is CCC(N)CC(=O)N1CCCC1c1ccncc1. The maximum absolute atomic E-state index is 12.2. The highest BCUT2D eigenvalue weighted by Gasteiger charge is 2.30. The van der Waals surface area contributed by atoms with Crippen LogP contribution in [0.1, 0.15) is 44.2 Å². The summed E-state index contributed by atoms with van der Waals surface area (Å²) >= 11 is 0. The standard InChI is InChI=1S/C14H21N3O/c1-2-12(15)10-14(18)17-9-3-4-13(17)11-5-7-16-8-6-11/h5-8,12-13H,2-4,9-10,15H2,1H3. The molecular formula is C14H21N3O. The van der Waals surface area contributed by atoms with Crippen molar-refractivity contribution >= 4 is 5.91 Å². The second-order valence-corrected chi connectivity index (χ2v) is 4.90. The first-order valence-electron chi connectivity index (χ1n) is 6.67. The summed E-state index contributed by atoms with van der Waals surface area (Å²) < 4.78 is 0. The van der Waals surface area contributed by atoms with Gasteiger partial charge in [0.25, 0.3) is 0 Å². The van der Waals surface area contributed by atoms with Gasteiger partial charge >= 0.3 is 0 Å². The van der Waals surface area contributed by atoms with Crippen LogP contribution in [0.2, 0.25) is 0 Å². The van der Waals surface area contributed by atoms with Crippen molar-refractivity contribution in [3.8, 4) is 0 Å². The van der Waals surface area contributed by atoms with Crippen molar-refractivity contribution in [1.29, 1.82) is 0 Å². The van der Waals surface area contributed by atoms with E-state index < -0.39 is 0 Å². The summed E-state index contributed by atoms with van der Waals surface area (Å²) in [6.45, 7) is 2.87. The molecule has 1 saturated heterocycles. The number of likely N-dealkylation sites (tertiary alicyclic amines) is 1. The number of carbonyl (C=O) groups excluding carboxylic acids is 1. The van der Waals surface area contributed by atoms with E-state index in [9.17, 15) is 4.79 Å². The molecule has 0 aliphatic carbocycles. The number of amides is 1. The van der Waals surface area contributed by atoms with Gasteiger partial charge in [-0.15, -0.1) is 0 Å². The van der Waals surface area contributed by atoms with Crippen LogP contribution in [0.5, 0.6) is 0 Å². The topological polar surface area (TPSA) is 59.2 Å². The van der Waals surface area contributed by atoms with Gasteiger partial charge in [0, 0.05) is 31.4 Å². The Labute approximate surface area is 108 Å². The van der Waals surface area contributed by atoms with E-state index in [2.05, 4.69) is 4.98 Å². The van der Waals surface area contributed by atoms with Crippen LogP contribution in [0.15, 0.2) is 24.5 Å². The van der Waals surface area contributed by atoms with Crippen molar-refractivity contribution in [3.05, 3.63) is 30.1 Å². The lowest BCUT2D eigenvalue weighted by atomic mass is 10.1. The zero-order valence-electron chi connectivity index (χ0n) is 10.9. The normalized spacial score (nSPS) is 21.0. The minimum atomic E-state index is -0.0174. The highest BCUT2D eigenvalue weighted by Crippen LogP contribution is 2.32. The number of hydrogen-bond donors (Lipinski definition) is 1. The molecule has 0 radical (unpaired) electrons. The zero-order chi connectivity index (χ0) is 13.0. The summed E-state index contributed by atoms with van der Waals surface area (Å²) in [5, 5.41) is 0. The first-order valence-corrected chi connectivity index (χ1v) is 6.67. The summed E-state index contributed by atoms with van der Waals surface area (Å²) in [4.78, 5) is 18.2. The summed E-state index contributed by atoms with van der Waals surface area (Å²) in [6.07, 6.45) is 6.98. The number of hydrogen-bond acceptors (Lipinski definition) is 3. The smallest absolute Gasteiger partial charge is 0.224 e. The maximum Gasteiger partial charge on any atom is 0.224 e. The highest BCUT2D eigenvalue weighted by atomic mass is 16.2. The number of nitrogens with two attached hydrogens (primary N) is 1. The lowest BCUT2D eigenvalue weighted by Crippen LogP contribution is -2.35.